The van der Waals surface area contributed by atoms with Gasteiger partial charge in [0.25, 0.3) is 0 Å². The number of benzene rings is 1. The van der Waals surface area contributed by atoms with Gasteiger partial charge >= 0.3 is 0 Å². The lowest BCUT2D eigenvalue weighted by molar-refractivity contribution is 1.03. The Labute approximate surface area is 89.1 Å². The average molecular weight is 196 g/mol. The minimum absolute atomic E-state index is 0.616. The van der Waals surface area contributed by atoms with Crippen LogP contribution < -0.4 is 5.73 Å². The molecule has 0 aliphatic heterocycles. The number of hydrogen-bond acceptors (Lipinski definition) is 2. The number of pyridine rings is 1. The maximum atomic E-state index is 5.37. The molecule has 1 aromatic heterocycles. The molecular formula is C13H12N2. The van der Waals surface area contributed by atoms with E-state index in [9.17, 15) is 0 Å². The van der Waals surface area contributed by atoms with Crippen LogP contribution in [0.2, 0.25) is 0 Å². The summed E-state index contributed by atoms with van der Waals surface area (Å²) in [6.07, 6.45) is 4.39. The average Bonchev–Trinajstić information content (AvgIpc) is 2.29. The van der Waals surface area contributed by atoms with Gasteiger partial charge in [0, 0.05) is 36.3 Å². The summed E-state index contributed by atoms with van der Waals surface area (Å²) >= 11 is 0. The molecule has 0 atom stereocenters. The highest BCUT2D eigenvalue weighted by molar-refractivity contribution is 5.82. The van der Waals surface area contributed by atoms with Crippen LogP contribution in [-0.2, 0) is 0 Å². The molecule has 0 amide bonds. The van der Waals surface area contributed by atoms with Crippen LogP contribution in [0.25, 0.3) is 10.8 Å². The maximum absolute atomic E-state index is 5.37. The molecule has 1 aromatic carbocycles. The Balaban J connectivity index is 2.36. The first-order valence-electron chi connectivity index (χ1n) is 4.93. The van der Waals surface area contributed by atoms with Gasteiger partial charge in [0.2, 0.25) is 0 Å². The number of hydrogen-bond donors (Lipinski definition) is 1. The van der Waals surface area contributed by atoms with Crippen molar-refractivity contribution >= 4 is 10.8 Å². The number of nitrogens with two attached hydrogens (primary N) is 1. The van der Waals surface area contributed by atoms with Crippen LogP contribution in [0.15, 0.2) is 36.7 Å². The van der Waals surface area contributed by atoms with E-state index >= 15 is 0 Å². The van der Waals surface area contributed by atoms with Crippen molar-refractivity contribution in [1.82, 2.24) is 4.98 Å². The molecule has 0 fully saturated rings. The summed E-state index contributed by atoms with van der Waals surface area (Å²) in [5.41, 5.74) is 6.40. The number of fused-ring (bicyclic) bond motifs is 1. The Morgan fingerprint density at radius 3 is 3.00 bits per heavy atom. The number of nitrogens with zero attached hydrogens (tertiary/aromatic N) is 1. The van der Waals surface area contributed by atoms with E-state index < -0.39 is 0 Å². The minimum atomic E-state index is 0.616. The summed E-state index contributed by atoms with van der Waals surface area (Å²) in [4.78, 5) is 4.07. The second-order valence-corrected chi connectivity index (χ2v) is 3.28. The molecule has 2 N–H and O–H groups in total. The molecule has 0 radical (unpaired) electrons. The standard InChI is InChI=1S/C13H12N2/c14-7-2-1-3-11-4-5-13-10-15-8-6-12(13)9-11/h4-6,8-10H,2,7,14H2. The van der Waals surface area contributed by atoms with E-state index in [4.69, 9.17) is 5.73 Å². The third kappa shape index (κ3) is 2.34. The van der Waals surface area contributed by atoms with E-state index in [1.165, 1.54) is 5.39 Å². The Morgan fingerprint density at radius 1 is 1.20 bits per heavy atom. The molecule has 1 heterocycles. The molecule has 0 aliphatic rings. The molecule has 0 bridgehead atoms. The van der Waals surface area contributed by atoms with Crippen LogP contribution in [-0.4, -0.2) is 11.5 Å². The molecular weight excluding hydrogens is 184 g/mol. The van der Waals surface area contributed by atoms with E-state index in [2.05, 4.69) is 22.9 Å². The van der Waals surface area contributed by atoms with Gasteiger partial charge in [0.05, 0.1) is 0 Å². The zero-order valence-corrected chi connectivity index (χ0v) is 8.40. The topological polar surface area (TPSA) is 38.9 Å². The SMILES string of the molecule is NCCC#Cc1ccc2cnccc2c1. The van der Waals surface area contributed by atoms with Crippen LogP contribution in [0.5, 0.6) is 0 Å². The summed E-state index contributed by atoms with van der Waals surface area (Å²) in [5.74, 6) is 6.11. The second-order valence-electron chi connectivity index (χ2n) is 3.28. The van der Waals surface area contributed by atoms with E-state index in [-0.39, 0.29) is 0 Å². The fourth-order valence-electron chi connectivity index (χ4n) is 1.40. The van der Waals surface area contributed by atoms with Crippen molar-refractivity contribution in [2.75, 3.05) is 6.54 Å². The second kappa shape index (κ2) is 4.59. The van der Waals surface area contributed by atoms with Gasteiger partial charge in [-0.1, -0.05) is 17.9 Å². The molecule has 0 saturated carbocycles. The first-order chi connectivity index (χ1) is 7.40. The first-order valence-corrected chi connectivity index (χ1v) is 4.93. The molecule has 2 aromatic rings. The highest BCUT2D eigenvalue weighted by Crippen LogP contribution is 2.13. The van der Waals surface area contributed by atoms with Crippen LogP contribution >= 0.6 is 0 Å². The quantitative estimate of drug-likeness (QED) is 0.708. The molecule has 2 heteroatoms. The molecule has 2 rings (SSSR count). The molecule has 0 unspecified atom stereocenters. The van der Waals surface area contributed by atoms with Gasteiger partial charge < -0.3 is 5.73 Å². The Morgan fingerprint density at radius 2 is 2.13 bits per heavy atom. The molecule has 0 saturated heterocycles. The lowest BCUT2D eigenvalue weighted by atomic mass is 10.1. The van der Waals surface area contributed by atoms with Gasteiger partial charge in [0.1, 0.15) is 0 Å². The highest BCUT2D eigenvalue weighted by Gasteiger charge is 1.92. The number of rotatable bonds is 1. The van der Waals surface area contributed by atoms with Gasteiger partial charge in [-0.3, -0.25) is 4.98 Å². The fraction of sp³-hybridized carbons (Fsp3) is 0.154. The van der Waals surface area contributed by atoms with Crippen molar-refractivity contribution < 1.29 is 0 Å². The largest absolute Gasteiger partial charge is 0.330 e. The zero-order chi connectivity index (χ0) is 10.5. The Kier molecular flexibility index (Phi) is 2.96. The Bertz CT molecular complexity index is 521. The first kappa shape index (κ1) is 9.70. The molecule has 0 spiro atoms. The van der Waals surface area contributed by atoms with Crippen molar-refractivity contribution in [2.24, 2.45) is 5.73 Å². The normalized spacial score (nSPS) is 9.67. The lowest BCUT2D eigenvalue weighted by Crippen LogP contribution is -1.95. The van der Waals surface area contributed by atoms with E-state index in [1.54, 1.807) is 6.20 Å². The third-order valence-electron chi connectivity index (χ3n) is 2.14. The van der Waals surface area contributed by atoms with Gasteiger partial charge in [-0.15, -0.1) is 0 Å². The van der Waals surface area contributed by atoms with Crippen molar-refractivity contribution in [1.29, 1.82) is 0 Å². The van der Waals surface area contributed by atoms with Gasteiger partial charge in [-0.05, 0) is 23.6 Å². The monoisotopic (exact) mass is 196 g/mol. The fourth-order valence-corrected chi connectivity index (χ4v) is 1.40. The lowest BCUT2D eigenvalue weighted by Gasteiger charge is -1.96. The van der Waals surface area contributed by atoms with E-state index in [0.717, 1.165) is 17.4 Å². The summed E-state index contributed by atoms with van der Waals surface area (Å²) in [6.45, 7) is 0.616. The third-order valence-corrected chi connectivity index (χ3v) is 2.14. The molecule has 15 heavy (non-hydrogen) atoms. The van der Waals surface area contributed by atoms with Gasteiger partial charge in [-0.2, -0.15) is 0 Å². The van der Waals surface area contributed by atoms with Crippen molar-refractivity contribution in [3.63, 3.8) is 0 Å². The number of aromatic nitrogens is 1. The minimum Gasteiger partial charge on any atom is -0.330 e. The smallest absolute Gasteiger partial charge is 0.0346 e. The van der Waals surface area contributed by atoms with E-state index in [0.29, 0.717) is 6.54 Å². The van der Waals surface area contributed by atoms with Crippen LogP contribution in [0.3, 0.4) is 0 Å². The van der Waals surface area contributed by atoms with Gasteiger partial charge in [-0.25, -0.2) is 0 Å². The van der Waals surface area contributed by atoms with Crippen LogP contribution in [0.4, 0.5) is 0 Å². The molecule has 2 nitrogen and oxygen atoms in total. The summed E-state index contributed by atoms with van der Waals surface area (Å²) in [6, 6.07) is 8.10. The van der Waals surface area contributed by atoms with Crippen molar-refractivity contribution in [3.05, 3.63) is 42.2 Å². The Hall–Kier alpha value is -1.85. The van der Waals surface area contributed by atoms with Gasteiger partial charge in [0.15, 0.2) is 0 Å². The predicted molar refractivity (Wildman–Crippen MR) is 62.3 cm³/mol. The summed E-state index contributed by atoms with van der Waals surface area (Å²) in [7, 11) is 0. The highest BCUT2D eigenvalue weighted by atomic mass is 14.6. The zero-order valence-electron chi connectivity index (χ0n) is 8.40. The predicted octanol–water partition coefficient (Wildman–Crippen LogP) is 1.94. The molecule has 74 valence electrons. The van der Waals surface area contributed by atoms with Crippen LogP contribution in [0, 0.1) is 11.8 Å². The maximum Gasteiger partial charge on any atom is 0.0346 e. The van der Waals surface area contributed by atoms with E-state index in [1.807, 2.05) is 24.4 Å². The van der Waals surface area contributed by atoms with Crippen molar-refractivity contribution in [3.8, 4) is 11.8 Å². The molecule has 0 aliphatic carbocycles. The van der Waals surface area contributed by atoms with Crippen molar-refractivity contribution in [2.45, 2.75) is 6.42 Å². The van der Waals surface area contributed by atoms with Crippen LogP contribution in [0.1, 0.15) is 12.0 Å². The summed E-state index contributed by atoms with van der Waals surface area (Å²) < 4.78 is 0. The summed E-state index contributed by atoms with van der Waals surface area (Å²) in [5, 5.41) is 2.31.